The van der Waals surface area contributed by atoms with Crippen LogP contribution in [0.15, 0.2) is 81.6 Å². The van der Waals surface area contributed by atoms with Gasteiger partial charge >= 0.3 is 22.3 Å². The van der Waals surface area contributed by atoms with Crippen molar-refractivity contribution in [1.82, 2.24) is 19.3 Å². The van der Waals surface area contributed by atoms with Gasteiger partial charge in [-0.15, -0.1) is 9.36 Å². The molecule has 0 saturated carbocycles. The molecule has 240 valence electrons. The van der Waals surface area contributed by atoms with Crippen molar-refractivity contribution in [3.05, 3.63) is 61.2 Å². The lowest BCUT2D eigenvalue weighted by atomic mass is 10.2. The summed E-state index contributed by atoms with van der Waals surface area (Å²) in [5.41, 5.74) is 3.17. The minimum atomic E-state index is -4.17. The molecule has 0 fully saturated rings. The van der Waals surface area contributed by atoms with Gasteiger partial charge in [0.15, 0.2) is 12.7 Å². The highest BCUT2D eigenvalue weighted by molar-refractivity contribution is 7.81. The number of nitrogens with zero attached hydrogens (tertiary/aromatic N) is 12. The molecule has 0 spiro atoms. The van der Waals surface area contributed by atoms with Gasteiger partial charge in [-0.25, -0.2) is 17.5 Å². The van der Waals surface area contributed by atoms with Gasteiger partial charge < -0.3 is 9.80 Å². The average Bonchev–Trinajstić information content (AvgIpc) is 3.53. The first kappa shape index (κ1) is 33.3. The van der Waals surface area contributed by atoms with E-state index in [0.717, 1.165) is 11.4 Å². The van der Waals surface area contributed by atoms with Gasteiger partial charge in [0.1, 0.15) is 11.4 Å². The zero-order chi connectivity index (χ0) is 32.4. The molecule has 0 N–H and O–H groups in total. The maximum atomic E-state index is 12.4. The summed E-state index contributed by atoms with van der Waals surface area (Å²) in [5.74, 6) is 1.23. The van der Waals surface area contributed by atoms with Gasteiger partial charge in [0.2, 0.25) is 0 Å². The van der Waals surface area contributed by atoms with Crippen LogP contribution in [0.2, 0.25) is 0 Å². The van der Waals surface area contributed by atoms with Crippen LogP contribution in [0, 0.1) is 0 Å². The van der Waals surface area contributed by atoms with Crippen LogP contribution in [0.4, 0.5) is 34.6 Å². The highest BCUT2D eigenvalue weighted by atomic mass is 32.3. The molecular formula is C28H40N12O4S+2. The Balaban J connectivity index is 1.22. The van der Waals surface area contributed by atoms with E-state index in [0.29, 0.717) is 49.5 Å². The van der Waals surface area contributed by atoms with E-state index in [1.165, 1.54) is 0 Å². The molecule has 45 heavy (non-hydrogen) atoms. The Morgan fingerprint density at radius 1 is 0.689 bits per heavy atom. The summed E-state index contributed by atoms with van der Waals surface area (Å²) in [5, 5.41) is 25.3. The smallest absolute Gasteiger partial charge is 0.369 e. The summed E-state index contributed by atoms with van der Waals surface area (Å²) in [7, 11) is 3.12. The van der Waals surface area contributed by atoms with Gasteiger partial charge in [-0.1, -0.05) is 20.4 Å². The van der Waals surface area contributed by atoms with E-state index in [1.54, 1.807) is 45.2 Å². The molecule has 0 aliphatic carbocycles. The van der Waals surface area contributed by atoms with E-state index in [2.05, 4.69) is 30.7 Å². The molecule has 17 heteroatoms. The number of likely N-dealkylation sites (N-methyl/N-ethyl adjacent to an activating group) is 2. The molecular weight excluding hydrogens is 600 g/mol. The highest BCUT2D eigenvalue weighted by Gasteiger charge is 2.16. The van der Waals surface area contributed by atoms with Gasteiger partial charge in [0.25, 0.3) is 0 Å². The van der Waals surface area contributed by atoms with Crippen molar-refractivity contribution in [2.24, 2.45) is 48.6 Å². The zero-order valence-electron chi connectivity index (χ0n) is 26.4. The molecule has 0 saturated heterocycles. The Bertz CT molecular complexity index is 1540. The van der Waals surface area contributed by atoms with Crippen molar-refractivity contribution in [3.8, 4) is 0 Å². The Morgan fingerprint density at radius 2 is 1.07 bits per heavy atom. The lowest BCUT2D eigenvalue weighted by Crippen LogP contribution is -2.30. The molecule has 0 radical (unpaired) electrons. The van der Waals surface area contributed by atoms with E-state index in [9.17, 15) is 8.42 Å². The van der Waals surface area contributed by atoms with Crippen molar-refractivity contribution in [3.63, 3.8) is 0 Å². The second-order valence-electron chi connectivity index (χ2n) is 9.98. The third-order valence-corrected chi connectivity index (χ3v) is 7.80. The molecule has 2 aromatic carbocycles. The summed E-state index contributed by atoms with van der Waals surface area (Å²) >= 11 is 0. The largest absolute Gasteiger partial charge is 0.441 e. The van der Waals surface area contributed by atoms with Gasteiger partial charge in [-0.05, 0) is 62.4 Å². The summed E-state index contributed by atoms with van der Waals surface area (Å²) in [4.78, 5) is 3.99. The number of hydrogen-bond donors (Lipinski definition) is 0. The van der Waals surface area contributed by atoms with Crippen molar-refractivity contribution in [2.45, 2.75) is 13.8 Å². The normalized spacial score (nSPS) is 12.0. The number of benzene rings is 2. The van der Waals surface area contributed by atoms with E-state index in [1.807, 2.05) is 86.3 Å². The fraction of sp³-hybridized carbons (Fsp3) is 0.429. The fourth-order valence-corrected chi connectivity index (χ4v) is 5.01. The standard InChI is InChI=1S/C28H40N12O4S/c1-7-39(25-13-9-23(10-14-25)31-33-27-35(3)21-29-37(27)5)17-19-43-45(41,42)44-20-18-40(8-2)26-15-11-24(12-16-26)32-34-28-36(4)22-30-38(28)6/h9-16,21-22H,7-8,17-20H2,1-6H3/q+2. The summed E-state index contributed by atoms with van der Waals surface area (Å²) in [6.45, 7) is 5.88. The van der Waals surface area contributed by atoms with Crippen LogP contribution >= 0.6 is 0 Å². The Morgan fingerprint density at radius 3 is 1.38 bits per heavy atom. The van der Waals surface area contributed by atoms with Crippen LogP contribution in [0.1, 0.15) is 13.8 Å². The van der Waals surface area contributed by atoms with Crippen LogP contribution in [-0.2, 0) is 47.0 Å². The first-order valence-electron chi connectivity index (χ1n) is 14.4. The minimum Gasteiger partial charge on any atom is -0.369 e. The van der Waals surface area contributed by atoms with Crippen LogP contribution in [-0.4, -0.2) is 67.1 Å². The molecule has 2 aromatic heterocycles. The van der Waals surface area contributed by atoms with Crippen LogP contribution in [0.5, 0.6) is 0 Å². The van der Waals surface area contributed by atoms with E-state index in [-0.39, 0.29) is 13.2 Å². The minimum absolute atomic E-state index is 0.0566. The first-order chi connectivity index (χ1) is 21.6. The maximum absolute atomic E-state index is 12.4. The topological polar surface area (TPSA) is 152 Å². The average molecular weight is 641 g/mol. The van der Waals surface area contributed by atoms with Crippen molar-refractivity contribution < 1.29 is 26.1 Å². The summed E-state index contributed by atoms with van der Waals surface area (Å²) in [6.07, 6.45) is 3.31. The van der Waals surface area contributed by atoms with Gasteiger partial charge in [0, 0.05) is 47.8 Å². The second-order valence-corrected chi connectivity index (χ2v) is 11.3. The first-order valence-corrected chi connectivity index (χ1v) is 15.8. The third-order valence-electron chi connectivity index (χ3n) is 6.89. The number of aryl methyl sites for hydroxylation is 4. The molecule has 0 unspecified atom stereocenters. The quantitative estimate of drug-likeness (QED) is 0.134. The predicted octanol–water partition coefficient (Wildman–Crippen LogP) is 3.26. The number of hydrogen-bond acceptors (Lipinski definition) is 12. The molecule has 4 aromatic rings. The Labute approximate surface area is 263 Å². The van der Waals surface area contributed by atoms with Crippen molar-refractivity contribution in [1.29, 1.82) is 0 Å². The highest BCUT2D eigenvalue weighted by Crippen LogP contribution is 2.23. The number of azo groups is 2. The van der Waals surface area contributed by atoms with Gasteiger partial charge in [0.05, 0.1) is 41.4 Å². The van der Waals surface area contributed by atoms with E-state index in [4.69, 9.17) is 8.37 Å². The van der Waals surface area contributed by atoms with Crippen LogP contribution < -0.4 is 19.2 Å². The molecule has 0 atom stereocenters. The molecule has 4 rings (SSSR count). The van der Waals surface area contributed by atoms with Gasteiger partial charge in [-0.2, -0.15) is 8.42 Å². The molecule has 0 aliphatic rings. The molecule has 0 bridgehead atoms. The number of rotatable bonds is 16. The molecule has 0 amide bonds. The maximum Gasteiger partial charge on any atom is 0.441 e. The zero-order valence-corrected chi connectivity index (χ0v) is 27.2. The lowest BCUT2D eigenvalue weighted by Gasteiger charge is -2.23. The van der Waals surface area contributed by atoms with Gasteiger partial charge in [-0.3, -0.25) is 0 Å². The summed E-state index contributed by atoms with van der Waals surface area (Å²) in [6, 6.07) is 15.0. The predicted molar refractivity (Wildman–Crippen MR) is 167 cm³/mol. The number of anilines is 2. The Kier molecular flexibility index (Phi) is 11.4. The molecule has 0 aliphatic heterocycles. The molecule has 16 nitrogen and oxygen atoms in total. The molecule has 2 heterocycles. The van der Waals surface area contributed by atoms with Crippen molar-refractivity contribution in [2.75, 3.05) is 49.2 Å². The Hall–Kier alpha value is -4.61. The number of aromatic nitrogens is 6. The van der Waals surface area contributed by atoms with Crippen LogP contribution in [0.3, 0.4) is 0 Å². The fourth-order valence-electron chi connectivity index (χ4n) is 4.38. The monoisotopic (exact) mass is 640 g/mol. The SMILES string of the molecule is CCN(CCOS(=O)(=O)OCCN(CC)c1ccc(/N=N/c2n(C)cn[n+]2C)cc1)c1ccc(/N=N/c2n(C)cn[n+]2C)cc1. The second kappa shape index (κ2) is 15.4. The summed E-state index contributed by atoms with van der Waals surface area (Å²) < 4.78 is 41.9. The van der Waals surface area contributed by atoms with Crippen molar-refractivity contribution >= 4 is 45.0 Å². The van der Waals surface area contributed by atoms with Crippen LogP contribution in [0.25, 0.3) is 0 Å². The lowest BCUT2D eigenvalue weighted by molar-refractivity contribution is -0.716. The van der Waals surface area contributed by atoms with E-state index >= 15 is 0 Å². The third kappa shape index (κ3) is 9.19. The van der Waals surface area contributed by atoms with E-state index < -0.39 is 10.4 Å².